The number of hydrogen-bond donors (Lipinski definition) is 1. The van der Waals surface area contributed by atoms with Crippen LogP contribution in [0.4, 0.5) is 0 Å². The number of nitrogens with one attached hydrogen (secondary N) is 1. The van der Waals surface area contributed by atoms with Crippen molar-refractivity contribution in [2.75, 3.05) is 13.2 Å². The first-order valence-electron chi connectivity index (χ1n) is 8.05. The molecule has 2 aliphatic rings. The van der Waals surface area contributed by atoms with Crippen LogP contribution < -0.4 is 14.8 Å². The predicted molar refractivity (Wildman–Crippen MR) is 88.0 cm³/mol. The predicted octanol–water partition coefficient (Wildman–Crippen LogP) is 4.28. The molecule has 21 heavy (non-hydrogen) atoms. The molecular weight excluding hydrogens is 330 g/mol. The summed E-state index contributed by atoms with van der Waals surface area (Å²) in [4.78, 5) is 0. The van der Waals surface area contributed by atoms with Crippen molar-refractivity contribution in [1.82, 2.24) is 5.32 Å². The molecule has 1 atom stereocenters. The van der Waals surface area contributed by atoms with Crippen LogP contribution in [0.25, 0.3) is 0 Å². The molecule has 116 valence electrons. The maximum absolute atomic E-state index is 5.69. The molecule has 1 aliphatic carbocycles. The third-order valence-electron chi connectivity index (χ3n) is 4.64. The van der Waals surface area contributed by atoms with Gasteiger partial charge in [-0.2, -0.15) is 0 Å². The summed E-state index contributed by atoms with van der Waals surface area (Å²) < 4.78 is 12.3. The minimum atomic E-state index is 0.581. The van der Waals surface area contributed by atoms with Crippen molar-refractivity contribution in [1.29, 1.82) is 0 Å². The number of halogens is 1. The van der Waals surface area contributed by atoms with E-state index in [0.29, 0.717) is 19.3 Å². The van der Waals surface area contributed by atoms with Crippen molar-refractivity contribution in [3.8, 4) is 11.5 Å². The van der Waals surface area contributed by atoms with Gasteiger partial charge in [0, 0.05) is 12.6 Å². The topological polar surface area (TPSA) is 30.5 Å². The molecule has 1 N–H and O–H groups in total. The number of ether oxygens (including phenoxy) is 2. The highest BCUT2D eigenvalue weighted by Gasteiger charge is 2.20. The maximum Gasteiger partial charge on any atom is 0.175 e. The molecule has 0 saturated heterocycles. The molecule has 4 heteroatoms. The van der Waals surface area contributed by atoms with Crippen LogP contribution in [-0.2, 0) is 6.54 Å². The van der Waals surface area contributed by atoms with Gasteiger partial charge >= 0.3 is 0 Å². The van der Waals surface area contributed by atoms with E-state index in [0.717, 1.165) is 28.4 Å². The SMILES string of the molecule is CC(NCc1cc(Br)c2c(c1)OCCO2)C1CCCCC1. The van der Waals surface area contributed by atoms with Gasteiger partial charge in [-0.1, -0.05) is 19.3 Å². The van der Waals surface area contributed by atoms with Crippen LogP contribution in [0.1, 0.15) is 44.6 Å². The highest BCUT2D eigenvalue weighted by molar-refractivity contribution is 9.10. The van der Waals surface area contributed by atoms with Gasteiger partial charge < -0.3 is 14.8 Å². The highest BCUT2D eigenvalue weighted by Crippen LogP contribution is 2.38. The smallest absolute Gasteiger partial charge is 0.175 e. The Bertz CT molecular complexity index is 486. The van der Waals surface area contributed by atoms with Crippen LogP contribution in [0.5, 0.6) is 11.5 Å². The van der Waals surface area contributed by atoms with Gasteiger partial charge in [0.2, 0.25) is 0 Å². The van der Waals surface area contributed by atoms with Crippen LogP contribution in [0.2, 0.25) is 0 Å². The van der Waals surface area contributed by atoms with Gasteiger partial charge in [0.15, 0.2) is 11.5 Å². The highest BCUT2D eigenvalue weighted by atomic mass is 79.9. The fourth-order valence-corrected chi connectivity index (χ4v) is 3.95. The molecule has 0 radical (unpaired) electrons. The molecule has 1 aromatic rings. The van der Waals surface area contributed by atoms with E-state index in [-0.39, 0.29) is 0 Å². The lowest BCUT2D eigenvalue weighted by atomic mass is 9.84. The average Bonchev–Trinajstić information content (AvgIpc) is 2.53. The molecule has 1 unspecified atom stereocenters. The summed E-state index contributed by atoms with van der Waals surface area (Å²) in [6.45, 7) is 4.46. The number of fused-ring (bicyclic) bond motifs is 1. The van der Waals surface area contributed by atoms with E-state index in [9.17, 15) is 0 Å². The summed E-state index contributed by atoms with van der Waals surface area (Å²) in [6, 6.07) is 4.81. The fraction of sp³-hybridized carbons (Fsp3) is 0.647. The zero-order chi connectivity index (χ0) is 14.7. The number of rotatable bonds is 4. The maximum atomic E-state index is 5.69. The minimum absolute atomic E-state index is 0.581. The van der Waals surface area contributed by atoms with E-state index < -0.39 is 0 Å². The van der Waals surface area contributed by atoms with Gasteiger partial charge in [-0.05, 0) is 59.3 Å². The summed E-state index contributed by atoms with van der Waals surface area (Å²) in [6.07, 6.45) is 6.95. The standard InChI is InChI=1S/C17H24BrNO2/c1-12(14-5-3-2-4-6-14)19-11-13-9-15(18)17-16(10-13)20-7-8-21-17/h9-10,12,14,19H,2-8,11H2,1H3. The van der Waals surface area contributed by atoms with Crippen molar-refractivity contribution in [2.45, 2.75) is 51.6 Å². The Labute approximate surface area is 135 Å². The summed E-state index contributed by atoms with van der Waals surface area (Å²) >= 11 is 3.58. The van der Waals surface area contributed by atoms with Crippen LogP contribution >= 0.6 is 15.9 Å². The molecule has 1 aliphatic heterocycles. The molecule has 0 aromatic heterocycles. The number of hydrogen-bond acceptors (Lipinski definition) is 3. The lowest BCUT2D eigenvalue weighted by Gasteiger charge is -2.28. The molecule has 1 saturated carbocycles. The first-order chi connectivity index (χ1) is 10.2. The van der Waals surface area contributed by atoms with Gasteiger partial charge in [-0.3, -0.25) is 0 Å². The number of benzene rings is 1. The van der Waals surface area contributed by atoms with Gasteiger partial charge in [-0.25, -0.2) is 0 Å². The quantitative estimate of drug-likeness (QED) is 0.876. The normalized spacial score (nSPS) is 20.3. The monoisotopic (exact) mass is 353 g/mol. The second-order valence-electron chi connectivity index (χ2n) is 6.17. The lowest BCUT2D eigenvalue weighted by molar-refractivity contribution is 0.170. The van der Waals surface area contributed by atoms with Crippen LogP contribution in [0, 0.1) is 5.92 Å². The van der Waals surface area contributed by atoms with Gasteiger partial charge in [0.1, 0.15) is 13.2 Å². The molecule has 3 nitrogen and oxygen atoms in total. The zero-order valence-corrected chi connectivity index (χ0v) is 14.2. The summed E-state index contributed by atoms with van der Waals surface area (Å²) in [5.74, 6) is 2.53. The Morgan fingerprint density at radius 2 is 1.95 bits per heavy atom. The Hall–Kier alpha value is -0.740. The second-order valence-corrected chi connectivity index (χ2v) is 7.02. The molecular formula is C17H24BrNO2. The van der Waals surface area contributed by atoms with E-state index in [1.54, 1.807) is 0 Å². The van der Waals surface area contributed by atoms with E-state index >= 15 is 0 Å². The fourth-order valence-electron chi connectivity index (χ4n) is 3.35. The van der Waals surface area contributed by atoms with Gasteiger partial charge in [0.05, 0.1) is 4.47 Å². The average molecular weight is 354 g/mol. The van der Waals surface area contributed by atoms with Crippen molar-refractivity contribution in [2.24, 2.45) is 5.92 Å². The first kappa shape index (κ1) is 15.2. The molecule has 1 fully saturated rings. The third-order valence-corrected chi connectivity index (χ3v) is 5.23. The second kappa shape index (κ2) is 7.01. The Balaban J connectivity index is 1.61. The minimum Gasteiger partial charge on any atom is -0.486 e. The largest absolute Gasteiger partial charge is 0.486 e. The van der Waals surface area contributed by atoms with Crippen molar-refractivity contribution < 1.29 is 9.47 Å². The van der Waals surface area contributed by atoms with Gasteiger partial charge in [-0.15, -0.1) is 0 Å². The van der Waals surface area contributed by atoms with Crippen LogP contribution in [0.15, 0.2) is 16.6 Å². The molecule has 0 spiro atoms. The Morgan fingerprint density at radius 3 is 2.76 bits per heavy atom. The van der Waals surface area contributed by atoms with Gasteiger partial charge in [0.25, 0.3) is 0 Å². The van der Waals surface area contributed by atoms with E-state index in [1.807, 2.05) is 0 Å². The Morgan fingerprint density at radius 1 is 1.19 bits per heavy atom. The van der Waals surface area contributed by atoms with E-state index in [4.69, 9.17) is 9.47 Å². The van der Waals surface area contributed by atoms with Crippen LogP contribution in [-0.4, -0.2) is 19.3 Å². The third kappa shape index (κ3) is 3.72. The van der Waals surface area contributed by atoms with E-state index in [1.165, 1.54) is 37.7 Å². The first-order valence-corrected chi connectivity index (χ1v) is 8.85. The molecule has 3 rings (SSSR count). The summed E-state index contributed by atoms with van der Waals surface area (Å²) in [7, 11) is 0. The summed E-state index contributed by atoms with van der Waals surface area (Å²) in [5, 5.41) is 3.69. The van der Waals surface area contributed by atoms with Crippen molar-refractivity contribution in [3.05, 3.63) is 22.2 Å². The van der Waals surface area contributed by atoms with Crippen molar-refractivity contribution >= 4 is 15.9 Å². The molecule has 1 aromatic carbocycles. The van der Waals surface area contributed by atoms with E-state index in [2.05, 4.69) is 40.3 Å². The van der Waals surface area contributed by atoms with Crippen molar-refractivity contribution in [3.63, 3.8) is 0 Å². The molecule has 0 bridgehead atoms. The zero-order valence-electron chi connectivity index (χ0n) is 12.7. The summed E-state index contributed by atoms with van der Waals surface area (Å²) in [5.41, 5.74) is 1.24. The van der Waals surface area contributed by atoms with Crippen LogP contribution in [0.3, 0.4) is 0 Å². The molecule has 1 heterocycles. The lowest BCUT2D eigenvalue weighted by Crippen LogP contribution is -2.34. The Kier molecular flexibility index (Phi) is 5.07. The molecule has 0 amide bonds.